The van der Waals surface area contributed by atoms with Crippen molar-refractivity contribution in [1.82, 2.24) is 10.1 Å². The molecule has 0 aliphatic heterocycles. The lowest BCUT2D eigenvalue weighted by molar-refractivity contribution is 0.426. The van der Waals surface area contributed by atoms with Crippen LogP contribution in [-0.4, -0.2) is 15.2 Å². The third kappa shape index (κ3) is 1.84. The molecule has 2 aromatic carbocycles. The van der Waals surface area contributed by atoms with E-state index < -0.39 is 0 Å². The molecule has 0 saturated heterocycles. The van der Waals surface area contributed by atoms with Crippen LogP contribution in [0.15, 0.2) is 59.1 Å². The highest BCUT2D eigenvalue weighted by atomic mass is 16.5. The van der Waals surface area contributed by atoms with Gasteiger partial charge in [-0.1, -0.05) is 47.6 Å². The fourth-order valence-corrected chi connectivity index (χ4v) is 1.69. The van der Waals surface area contributed by atoms with Gasteiger partial charge < -0.3 is 9.63 Å². The summed E-state index contributed by atoms with van der Waals surface area (Å²) in [5.41, 5.74) is 1.41. The van der Waals surface area contributed by atoms with Crippen molar-refractivity contribution in [2.45, 2.75) is 0 Å². The monoisotopic (exact) mass is 238 g/mol. The molecule has 0 fully saturated rings. The van der Waals surface area contributed by atoms with Gasteiger partial charge in [-0.05, 0) is 12.1 Å². The molecule has 1 heterocycles. The van der Waals surface area contributed by atoms with E-state index in [1.54, 1.807) is 24.3 Å². The number of aromatic hydroxyl groups is 1. The fourth-order valence-electron chi connectivity index (χ4n) is 1.69. The SMILES string of the molecule is Oc1ccccc1-c1nc(-c2ccccc2)no1. The Labute approximate surface area is 104 Å². The van der Waals surface area contributed by atoms with Crippen LogP contribution in [0.3, 0.4) is 0 Å². The first-order chi connectivity index (χ1) is 8.84. The molecular weight excluding hydrogens is 228 g/mol. The van der Waals surface area contributed by atoms with E-state index >= 15 is 0 Å². The van der Waals surface area contributed by atoms with Crippen molar-refractivity contribution in [2.75, 3.05) is 0 Å². The second-order valence-electron chi connectivity index (χ2n) is 3.81. The summed E-state index contributed by atoms with van der Waals surface area (Å²) in [5.74, 6) is 0.946. The average Bonchev–Trinajstić information content (AvgIpc) is 2.90. The number of nitrogens with zero attached hydrogens (tertiary/aromatic N) is 2. The first-order valence-corrected chi connectivity index (χ1v) is 5.52. The van der Waals surface area contributed by atoms with Gasteiger partial charge in [-0.3, -0.25) is 0 Å². The molecule has 0 aliphatic rings. The summed E-state index contributed by atoms with van der Waals surface area (Å²) in [6.07, 6.45) is 0. The molecule has 1 N–H and O–H groups in total. The molecule has 88 valence electrons. The Kier molecular flexibility index (Phi) is 2.53. The molecule has 4 heteroatoms. The van der Waals surface area contributed by atoms with Crippen molar-refractivity contribution in [1.29, 1.82) is 0 Å². The van der Waals surface area contributed by atoms with Gasteiger partial charge >= 0.3 is 0 Å². The number of benzene rings is 2. The highest BCUT2D eigenvalue weighted by Gasteiger charge is 2.12. The Morgan fingerprint density at radius 2 is 1.61 bits per heavy atom. The van der Waals surface area contributed by atoms with Gasteiger partial charge in [0.05, 0.1) is 5.56 Å². The van der Waals surface area contributed by atoms with Gasteiger partial charge in [-0.15, -0.1) is 0 Å². The topological polar surface area (TPSA) is 59.2 Å². The predicted octanol–water partition coefficient (Wildman–Crippen LogP) is 3.11. The Morgan fingerprint density at radius 1 is 0.889 bits per heavy atom. The molecule has 3 rings (SSSR count). The molecule has 0 bridgehead atoms. The Hall–Kier alpha value is -2.62. The molecule has 0 amide bonds. The molecule has 4 nitrogen and oxygen atoms in total. The van der Waals surface area contributed by atoms with E-state index in [0.717, 1.165) is 5.56 Å². The van der Waals surface area contributed by atoms with Gasteiger partial charge in [-0.25, -0.2) is 0 Å². The molecule has 0 aliphatic carbocycles. The van der Waals surface area contributed by atoms with Crippen molar-refractivity contribution >= 4 is 0 Å². The van der Waals surface area contributed by atoms with Crippen molar-refractivity contribution in [3.63, 3.8) is 0 Å². The third-order valence-corrected chi connectivity index (χ3v) is 2.59. The molecule has 0 radical (unpaired) electrons. The van der Waals surface area contributed by atoms with Crippen LogP contribution in [0.1, 0.15) is 0 Å². The van der Waals surface area contributed by atoms with Crippen LogP contribution in [0.2, 0.25) is 0 Å². The van der Waals surface area contributed by atoms with Crippen LogP contribution in [0.25, 0.3) is 22.8 Å². The zero-order chi connectivity index (χ0) is 12.4. The highest BCUT2D eigenvalue weighted by molar-refractivity contribution is 5.64. The van der Waals surface area contributed by atoms with Crippen LogP contribution in [0, 0.1) is 0 Å². The summed E-state index contributed by atoms with van der Waals surface area (Å²) >= 11 is 0. The van der Waals surface area contributed by atoms with Crippen LogP contribution in [0.4, 0.5) is 0 Å². The maximum Gasteiger partial charge on any atom is 0.261 e. The minimum atomic E-state index is 0.126. The maximum atomic E-state index is 9.72. The van der Waals surface area contributed by atoms with Gasteiger partial charge in [0.25, 0.3) is 5.89 Å². The average molecular weight is 238 g/mol. The van der Waals surface area contributed by atoms with Crippen LogP contribution >= 0.6 is 0 Å². The number of hydrogen-bond acceptors (Lipinski definition) is 4. The number of phenols is 1. The third-order valence-electron chi connectivity index (χ3n) is 2.59. The lowest BCUT2D eigenvalue weighted by Crippen LogP contribution is -1.81. The summed E-state index contributed by atoms with van der Waals surface area (Å²) in [7, 11) is 0. The van der Waals surface area contributed by atoms with Crippen LogP contribution in [0.5, 0.6) is 5.75 Å². The Morgan fingerprint density at radius 3 is 2.39 bits per heavy atom. The Balaban J connectivity index is 2.03. The molecule has 0 unspecified atom stereocenters. The van der Waals surface area contributed by atoms with Crippen molar-refractivity contribution in [3.05, 3.63) is 54.6 Å². The standard InChI is InChI=1S/C14H10N2O2/c17-12-9-5-4-8-11(12)14-15-13(16-18-14)10-6-2-1-3-7-10/h1-9,17H. The van der Waals surface area contributed by atoms with E-state index in [1.807, 2.05) is 30.3 Å². The van der Waals surface area contributed by atoms with Gasteiger partial charge in [0.2, 0.25) is 5.82 Å². The zero-order valence-corrected chi connectivity index (χ0v) is 9.45. The van der Waals surface area contributed by atoms with Gasteiger partial charge in [0, 0.05) is 5.56 Å². The smallest absolute Gasteiger partial charge is 0.261 e. The normalized spacial score (nSPS) is 10.4. The Bertz CT molecular complexity index is 662. The quantitative estimate of drug-likeness (QED) is 0.745. The largest absolute Gasteiger partial charge is 0.507 e. The van der Waals surface area contributed by atoms with Gasteiger partial charge in [-0.2, -0.15) is 4.98 Å². The van der Waals surface area contributed by atoms with E-state index in [2.05, 4.69) is 10.1 Å². The van der Waals surface area contributed by atoms with Crippen LogP contribution in [-0.2, 0) is 0 Å². The number of rotatable bonds is 2. The molecule has 1 aromatic heterocycles. The number of phenolic OH excluding ortho intramolecular Hbond substituents is 1. The fraction of sp³-hybridized carbons (Fsp3) is 0. The summed E-state index contributed by atoms with van der Waals surface area (Å²) in [4.78, 5) is 4.27. The molecule has 3 aromatic rings. The lowest BCUT2D eigenvalue weighted by Gasteiger charge is -1.96. The second-order valence-corrected chi connectivity index (χ2v) is 3.81. The van der Waals surface area contributed by atoms with Gasteiger partial charge in [0.15, 0.2) is 0 Å². The summed E-state index contributed by atoms with van der Waals surface area (Å²) in [6, 6.07) is 16.4. The first kappa shape index (κ1) is 10.5. The van der Waals surface area contributed by atoms with E-state index in [9.17, 15) is 5.11 Å². The van der Waals surface area contributed by atoms with Crippen LogP contribution < -0.4 is 0 Å². The molecule has 18 heavy (non-hydrogen) atoms. The van der Waals surface area contributed by atoms with E-state index in [-0.39, 0.29) is 5.75 Å². The first-order valence-electron chi connectivity index (χ1n) is 5.52. The van der Waals surface area contributed by atoms with Crippen molar-refractivity contribution in [3.8, 4) is 28.6 Å². The van der Waals surface area contributed by atoms with Crippen molar-refractivity contribution in [2.24, 2.45) is 0 Å². The summed E-state index contributed by atoms with van der Waals surface area (Å²) in [6.45, 7) is 0. The zero-order valence-electron chi connectivity index (χ0n) is 9.45. The summed E-state index contributed by atoms with van der Waals surface area (Å²) < 4.78 is 5.16. The molecule has 0 atom stereocenters. The lowest BCUT2D eigenvalue weighted by atomic mass is 10.2. The highest BCUT2D eigenvalue weighted by Crippen LogP contribution is 2.28. The molecule has 0 spiro atoms. The predicted molar refractivity (Wildman–Crippen MR) is 66.8 cm³/mol. The maximum absolute atomic E-state index is 9.72. The van der Waals surface area contributed by atoms with Gasteiger partial charge in [0.1, 0.15) is 5.75 Å². The minimum Gasteiger partial charge on any atom is -0.507 e. The molecular formula is C14H10N2O2. The minimum absolute atomic E-state index is 0.126. The molecule has 0 saturated carbocycles. The number of aromatic nitrogens is 2. The van der Waals surface area contributed by atoms with E-state index in [1.165, 1.54) is 0 Å². The summed E-state index contributed by atoms with van der Waals surface area (Å²) in [5, 5.41) is 13.6. The van der Waals surface area contributed by atoms with E-state index in [4.69, 9.17) is 4.52 Å². The number of para-hydroxylation sites is 1. The number of hydrogen-bond donors (Lipinski definition) is 1. The van der Waals surface area contributed by atoms with E-state index in [0.29, 0.717) is 17.3 Å². The van der Waals surface area contributed by atoms with Crippen molar-refractivity contribution < 1.29 is 9.63 Å². The second kappa shape index (κ2) is 4.33.